The summed E-state index contributed by atoms with van der Waals surface area (Å²) in [7, 11) is 0. The second-order valence-corrected chi connectivity index (χ2v) is 5.58. The molecule has 1 aromatic carbocycles. The summed E-state index contributed by atoms with van der Waals surface area (Å²) in [6.07, 6.45) is 0. The van der Waals surface area contributed by atoms with Crippen LogP contribution in [-0.2, 0) is 6.54 Å². The Morgan fingerprint density at radius 1 is 1.41 bits per heavy atom. The van der Waals surface area contributed by atoms with Gasteiger partial charge in [0.15, 0.2) is 4.96 Å². The Kier molecular flexibility index (Phi) is 3.60. The van der Waals surface area contributed by atoms with Crippen molar-refractivity contribution in [2.24, 2.45) is 0 Å². The number of fused-ring (bicyclic) bond motifs is 1. The molecule has 3 rings (SSSR count). The van der Waals surface area contributed by atoms with Gasteiger partial charge in [-0.05, 0) is 13.0 Å². The molecule has 22 heavy (non-hydrogen) atoms. The Hall–Kier alpha value is -2.74. The van der Waals surface area contributed by atoms with Crippen LogP contribution in [0.1, 0.15) is 11.4 Å². The fourth-order valence-corrected chi connectivity index (χ4v) is 3.00. The third kappa shape index (κ3) is 2.68. The van der Waals surface area contributed by atoms with Crippen molar-refractivity contribution in [3.8, 4) is 0 Å². The summed E-state index contributed by atoms with van der Waals surface area (Å²) in [5.74, 6) is 0. The molecular weight excluding hydrogens is 304 g/mol. The molecule has 7 nitrogen and oxygen atoms in total. The van der Waals surface area contributed by atoms with Crippen molar-refractivity contribution in [2.45, 2.75) is 13.5 Å². The Labute approximate surface area is 129 Å². The van der Waals surface area contributed by atoms with Crippen LogP contribution in [0.25, 0.3) is 4.96 Å². The number of anilines is 1. The number of thiazole rings is 1. The normalized spacial score (nSPS) is 10.8. The molecule has 0 fully saturated rings. The lowest BCUT2D eigenvalue weighted by molar-refractivity contribution is -0.384. The number of rotatable bonds is 4. The number of hydrogen-bond acceptors (Lipinski definition) is 6. The van der Waals surface area contributed by atoms with E-state index < -0.39 is 4.92 Å². The number of non-ortho nitro benzene ring substituents is 1. The summed E-state index contributed by atoms with van der Waals surface area (Å²) in [5, 5.41) is 15.7. The first-order valence-corrected chi connectivity index (χ1v) is 7.37. The van der Waals surface area contributed by atoms with E-state index in [4.69, 9.17) is 0 Å². The average molecular weight is 316 g/mol. The third-order valence-corrected chi connectivity index (χ3v) is 4.10. The van der Waals surface area contributed by atoms with E-state index in [-0.39, 0.29) is 11.2 Å². The molecule has 112 valence electrons. The van der Waals surface area contributed by atoms with Gasteiger partial charge in [0, 0.05) is 35.0 Å². The van der Waals surface area contributed by atoms with Gasteiger partial charge in [0.2, 0.25) is 0 Å². The van der Waals surface area contributed by atoms with Crippen LogP contribution in [0.15, 0.2) is 40.5 Å². The lowest BCUT2D eigenvalue weighted by Gasteiger charge is -2.06. The van der Waals surface area contributed by atoms with Crippen LogP contribution in [0.3, 0.4) is 0 Å². The SMILES string of the molecule is Cc1csc2nc(CNc3cccc([N+](=O)[O-])c3)cc(=O)n12. The van der Waals surface area contributed by atoms with Crippen LogP contribution >= 0.6 is 11.3 Å². The predicted octanol–water partition coefficient (Wildman–Crippen LogP) is 2.58. The molecule has 0 unspecified atom stereocenters. The predicted molar refractivity (Wildman–Crippen MR) is 84.5 cm³/mol. The van der Waals surface area contributed by atoms with Gasteiger partial charge in [0.05, 0.1) is 17.2 Å². The van der Waals surface area contributed by atoms with Gasteiger partial charge in [0.1, 0.15) is 0 Å². The Bertz CT molecular complexity index is 916. The number of aromatic nitrogens is 2. The Balaban J connectivity index is 1.83. The fraction of sp³-hybridized carbons (Fsp3) is 0.143. The highest BCUT2D eigenvalue weighted by atomic mass is 32.1. The molecule has 0 saturated heterocycles. The van der Waals surface area contributed by atoms with Crippen molar-refractivity contribution in [1.82, 2.24) is 9.38 Å². The molecule has 3 aromatic rings. The molecule has 2 heterocycles. The Morgan fingerprint density at radius 2 is 2.23 bits per heavy atom. The molecule has 0 aliphatic rings. The number of nitro benzene ring substituents is 1. The molecule has 0 bridgehead atoms. The summed E-state index contributed by atoms with van der Waals surface area (Å²) in [6, 6.07) is 7.68. The second kappa shape index (κ2) is 5.57. The van der Waals surface area contributed by atoms with Gasteiger partial charge in [-0.15, -0.1) is 11.3 Å². The first kappa shape index (κ1) is 14.2. The van der Waals surface area contributed by atoms with Crippen molar-refractivity contribution < 1.29 is 4.92 Å². The maximum atomic E-state index is 12.0. The van der Waals surface area contributed by atoms with Crippen LogP contribution in [0, 0.1) is 17.0 Å². The van der Waals surface area contributed by atoms with E-state index in [0.717, 1.165) is 5.69 Å². The molecule has 8 heteroatoms. The van der Waals surface area contributed by atoms with E-state index in [2.05, 4.69) is 10.3 Å². The molecule has 1 N–H and O–H groups in total. The average Bonchev–Trinajstić information content (AvgIpc) is 2.87. The van der Waals surface area contributed by atoms with Crippen molar-refractivity contribution in [2.75, 3.05) is 5.32 Å². The van der Waals surface area contributed by atoms with Gasteiger partial charge < -0.3 is 5.32 Å². The number of nitro groups is 1. The van der Waals surface area contributed by atoms with Gasteiger partial charge >= 0.3 is 0 Å². The van der Waals surface area contributed by atoms with Gasteiger partial charge in [-0.3, -0.25) is 19.3 Å². The van der Waals surface area contributed by atoms with Crippen molar-refractivity contribution in [3.05, 3.63) is 67.6 Å². The maximum Gasteiger partial charge on any atom is 0.271 e. The van der Waals surface area contributed by atoms with Gasteiger partial charge in [0.25, 0.3) is 11.2 Å². The molecule has 0 aliphatic heterocycles. The minimum absolute atomic E-state index is 0.0161. The first-order chi connectivity index (χ1) is 10.5. The van der Waals surface area contributed by atoms with Crippen LogP contribution in [0.5, 0.6) is 0 Å². The zero-order valence-electron chi connectivity index (χ0n) is 11.6. The maximum absolute atomic E-state index is 12.0. The molecular formula is C14H12N4O3S. The largest absolute Gasteiger partial charge is 0.379 e. The zero-order valence-corrected chi connectivity index (χ0v) is 12.5. The van der Waals surface area contributed by atoms with E-state index in [0.29, 0.717) is 22.9 Å². The highest BCUT2D eigenvalue weighted by Crippen LogP contribution is 2.18. The molecule has 0 spiro atoms. The monoisotopic (exact) mass is 316 g/mol. The van der Waals surface area contributed by atoms with Crippen LogP contribution < -0.4 is 10.9 Å². The highest BCUT2D eigenvalue weighted by Gasteiger charge is 2.08. The number of aryl methyl sites for hydroxylation is 1. The van der Waals surface area contributed by atoms with E-state index in [1.807, 2.05) is 12.3 Å². The summed E-state index contributed by atoms with van der Waals surface area (Å²) >= 11 is 1.41. The molecule has 0 amide bonds. The van der Waals surface area contributed by atoms with E-state index >= 15 is 0 Å². The van der Waals surface area contributed by atoms with Crippen LogP contribution in [-0.4, -0.2) is 14.3 Å². The van der Waals surface area contributed by atoms with Gasteiger partial charge in [-0.1, -0.05) is 6.07 Å². The summed E-state index contributed by atoms with van der Waals surface area (Å²) < 4.78 is 1.56. The van der Waals surface area contributed by atoms with Crippen molar-refractivity contribution in [1.29, 1.82) is 0 Å². The van der Waals surface area contributed by atoms with Crippen LogP contribution in [0.2, 0.25) is 0 Å². The Morgan fingerprint density at radius 3 is 3.00 bits per heavy atom. The lowest BCUT2D eigenvalue weighted by atomic mass is 10.2. The van der Waals surface area contributed by atoms with Crippen LogP contribution in [0.4, 0.5) is 11.4 Å². The topological polar surface area (TPSA) is 89.5 Å². The van der Waals surface area contributed by atoms with Gasteiger partial charge in [-0.2, -0.15) is 0 Å². The number of hydrogen-bond donors (Lipinski definition) is 1. The number of nitrogens with zero attached hydrogens (tertiary/aromatic N) is 3. The zero-order chi connectivity index (χ0) is 15.7. The fourth-order valence-electron chi connectivity index (χ4n) is 2.11. The standard InChI is InChI=1S/C14H12N4O3S/c1-9-8-22-14-16-11(6-13(19)17(9)14)7-15-10-3-2-4-12(5-10)18(20)21/h2-6,8,15H,7H2,1H3. The molecule has 0 atom stereocenters. The van der Waals surface area contributed by atoms with E-state index in [9.17, 15) is 14.9 Å². The minimum atomic E-state index is -0.448. The van der Waals surface area contributed by atoms with Gasteiger partial charge in [-0.25, -0.2) is 4.98 Å². The number of benzene rings is 1. The van der Waals surface area contributed by atoms with E-state index in [1.54, 1.807) is 16.5 Å². The summed E-state index contributed by atoms with van der Waals surface area (Å²) in [5.41, 5.74) is 1.95. The number of nitrogens with one attached hydrogen (secondary N) is 1. The summed E-state index contributed by atoms with van der Waals surface area (Å²) in [6.45, 7) is 2.18. The molecule has 2 aromatic heterocycles. The first-order valence-electron chi connectivity index (χ1n) is 6.50. The van der Waals surface area contributed by atoms with E-state index in [1.165, 1.54) is 29.5 Å². The molecule has 0 aliphatic carbocycles. The molecule has 0 saturated carbocycles. The van der Waals surface area contributed by atoms with Crippen molar-refractivity contribution in [3.63, 3.8) is 0 Å². The summed E-state index contributed by atoms with van der Waals surface area (Å²) in [4.78, 5) is 27.4. The lowest BCUT2D eigenvalue weighted by Crippen LogP contribution is -2.16. The van der Waals surface area contributed by atoms with Crippen molar-refractivity contribution >= 4 is 27.7 Å². The highest BCUT2D eigenvalue weighted by molar-refractivity contribution is 7.15. The molecule has 0 radical (unpaired) electrons. The minimum Gasteiger partial charge on any atom is -0.379 e. The quantitative estimate of drug-likeness (QED) is 0.590. The second-order valence-electron chi connectivity index (χ2n) is 4.74. The third-order valence-electron chi connectivity index (χ3n) is 3.16. The smallest absolute Gasteiger partial charge is 0.271 e.